The lowest BCUT2D eigenvalue weighted by Crippen LogP contribution is -2.07. The molecule has 0 spiro atoms. The van der Waals surface area contributed by atoms with Crippen molar-refractivity contribution in [2.45, 2.75) is 20.0 Å². The molecule has 0 bridgehead atoms. The van der Waals surface area contributed by atoms with Crippen LogP contribution in [0, 0.1) is 5.92 Å². The van der Waals surface area contributed by atoms with Crippen molar-refractivity contribution < 1.29 is 5.11 Å². The molecule has 0 saturated heterocycles. The molecule has 1 atom stereocenters. The molecular formula is C6H11N3O. The van der Waals surface area contributed by atoms with E-state index in [1.807, 2.05) is 13.8 Å². The van der Waals surface area contributed by atoms with E-state index < -0.39 is 6.10 Å². The Kier molecular flexibility index (Phi) is 2.01. The maximum atomic E-state index is 9.35. The van der Waals surface area contributed by atoms with Gasteiger partial charge in [-0.3, -0.25) is 5.10 Å². The van der Waals surface area contributed by atoms with Gasteiger partial charge in [-0.15, -0.1) is 0 Å². The third-order valence-electron chi connectivity index (χ3n) is 1.35. The van der Waals surface area contributed by atoms with Crippen LogP contribution in [-0.4, -0.2) is 20.3 Å². The van der Waals surface area contributed by atoms with Gasteiger partial charge in [-0.2, -0.15) is 5.10 Å². The van der Waals surface area contributed by atoms with Gasteiger partial charge in [0.2, 0.25) is 0 Å². The monoisotopic (exact) mass is 141 g/mol. The zero-order valence-corrected chi connectivity index (χ0v) is 6.07. The SMILES string of the molecule is CC(C)C(O)c1ncn[nH]1. The first-order valence-electron chi connectivity index (χ1n) is 3.25. The summed E-state index contributed by atoms with van der Waals surface area (Å²) in [6.45, 7) is 3.85. The van der Waals surface area contributed by atoms with Crippen LogP contribution in [0.2, 0.25) is 0 Å². The van der Waals surface area contributed by atoms with Crippen molar-refractivity contribution >= 4 is 0 Å². The molecule has 0 saturated carbocycles. The first-order valence-corrected chi connectivity index (χ1v) is 3.25. The summed E-state index contributed by atoms with van der Waals surface area (Å²) in [6.07, 6.45) is 0.864. The molecule has 56 valence electrons. The van der Waals surface area contributed by atoms with Gasteiger partial charge in [0.05, 0.1) is 0 Å². The van der Waals surface area contributed by atoms with Gasteiger partial charge < -0.3 is 5.11 Å². The van der Waals surface area contributed by atoms with Crippen LogP contribution in [0.1, 0.15) is 25.8 Å². The second kappa shape index (κ2) is 2.79. The quantitative estimate of drug-likeness (QED) is 0.630. The summed E-state index contributed by atoms with van der Waals surface area (Å²) in [4.78, 5) is 3.82. The largest absolute Gasteiger partial charge is 0.385 e. The van der Waals surface area contributed by atoms with E-state index in [4.69, 9.17) is 0 Å². The van der Waals surface area contributed by atoms with Gasteiger partial charge in [0.25, 0.3) is 0 Å². The number of hydrogen-bond donors (Lipinski definition) is 2. The number of hydrogen-bond acceptors (Lipinski definition) is 3. The van der Waals surface area contributed by atoms with Crippen LogP contribution >= 0.6 is 0 Å². The molecule has 1 aromatic rings. The van der Waals surface area contributed by atoms with Crippen molar-refractivity contribution in [3.63, 3.8) is 0 Å². The molecule has 1 aromatic heterocycles. The summed E-state index contributed by atoms with van der Waals surface area (Å²) in [5.41, 5.74) is 0. The predicted octanol–water partition coefficient (Wildman–Crippen LogP) is 0.494. The van der Waals surface area contributed by atoms with Gasteiger partial charge in [0, 0.05) is 0 Å². The van der Waals surface area contributed by atoms with E-state index in [0.717, 1.165) is 0 Å². The number of aromatic nitrogens is 3. The smallest absolute Gasteiger partial charge is 0.153 e. The van der Waals surface area contributed by atoms with E-state index in [9.17, 15) is 5.11 Å². The summed E-state index contributed by atoms with van der Waals surface area (Å²) >= 11 is 0. The number of aliphatic hydroxyl groups excluding tert-OH is 1. The molecule has 0 aliphatic carbocycles. The lowest BCUT2D eigenvalue weighted by molar-refractivity contribution is 0.118. The minimum Gasteiger partial charge on any atom is -0.385 e. The minimum atomic E-state index is -0.525. The minimum absolute atomic E-state index is 0.174. The Labute approximate surface area is 59.3 Å². The van der Waals surface area contributed by atoms with E-state index >= 15 is 0 Å². The Hall–Kier alpha value is -0.900. The highest BCUT2D eigenvalue weighted by molar-refractivity contribution is 4.87. The van der Waals surface area contributed by atoms with E-state index in [1.54, 1.807) is 0 Å². The van der Waals surface area contributed by atoms with Gasteiger partial charge in [0.15, 0.2) is 5.82 Å². The number of aromatic amines is 1. The fraction of sp³-hybridized carbons (Fsp3) is 0.667. The van der Waals surface area contributed by atoms with E-state index in [1.165, 1.54) is 6.33 Å². The van der Waals surface area contributed by atoms with E-state index in [2.05, 4.69) is 15.2 Å². The maximum Gasteiger partial charge on any atom is 0.153 e. The molecule has 0 aliphatic heterocycles. The first-order chi connectivity index (χ1) is 4.72. The Balaban J connectivity index is 2.68. The van der Waals surface area contributed by atoms with Crippen molar-refractivity contribution in [2.75, 3.05) is 0 Å². The molecular weight excluding hydrogens is 130 g/mol. The van der Waals surface area contributed by atoms with Crippen molar-refractivity contribution in [1.82, 2.24) is 15.2 Å². The topological polar surface area (TPSA) is 61.8 Å². The lowest BCUT2D eigenvalue weighted by atomic mass is 10.1. The fourth-order valence-corrected chi connectivity index (χ4v) is 0.673. The third kappa shape index (κ3) is 1.33. The fourth-order valence-electron chi connectivity index (χ4n) is 0.673. The van der Waals surface area contributed by atoms with Crippen molar-refractivity contribution in [2.24, 2.45) is 5.92 Å². The van der Waals surface area contributed by atoms with Crippen LogP contribution in [0.25, 0.3) is 0 Å². The van der Waals surface area contributed by atoms with Gasteiger partial charge in [-0.25, -0.2) is 4.98 Å². The van der Waals surface area contributed by atoms with Crippen molar-refractivity contribution in [1.29, 1.82) is 0 Å². The predicted molar refractivity (Wildman–Crippen MR) is 36.2 cm³/mol. The van der Waals surface area contributed by atoms with Gasteiger partial charge in [-0.05, 0) is 5.92 Å². The molecule has 0 radical (unpaired) electrons. The third-order valence-corrected chi connectivity index (χ3v) is 1.35. The number of H-pyrrole nitrogens is 1. The molecule has 2 N–H and O–H groups in total. The van der Waals surface area contributed by atoms with E-state index in [0.29, 0.717) is 5.82 Å². The maximum absolute atomic E-state index is 9.35. The van der Waals surface area contributed by atoms with Gasteiger partial charge in [0.1, 0.15) is 12.4 Å². The summed E-state index contributed by atoms with van der Waals surface area (Å²) in [6, 6.07) is 0. The van der Waals surface area contributed by atoms with Crippen LogP contribution in [0.5, 0.6) is 0 Å². The average Bonchev–Trinajstić information content (AvgIpc) is 2.36. The zero-order valence-electron chi connectivity index (χ0n) is 6.07. The highest BCUT2D eigenvalue weighted by Crippen LogP contribution is 2.15. The van der Waals surface area contributed by atoms with Crippen molar-refractivity contribution in [3.05, 3.63) is 12.2 Å². The molecule has 1 unspecified atom stereocenters. The standard InChI is InChI=1S/C6H11N3O/c1-4(2)5(10)6-7-3-8-9-6/h3-5,10H,1-2H3,(H,7,8,9). The second-order valence-corrected chi connectivity index (χ2v) is 2.56. The Morgan fingerprint density at radius 3 is 2.70 bits per heavy atom. The zero-order chi connectivity index (χ0) is 7.56. The normalized spacial score (nSPS) is 14.0. The lowest BCUT2D eigenvalue weighted by Gasteiger charge is -2.09. The average molecular weight is 141 g/mol. The van der Waals surface area contributed by atoms with Crippen LogP contribution in [0.3, 0.4) is 0 Å². The Morgan fingerprint density at radius 2 is 2.30 bits per heavy atom. The van der Waals surface area contributed by atoms with Crippen LogP contribution in [-0.2, 0) is 0 Å². The molecule has 1 rings (SSSR count). The molecule has 10 heavy (non-hydrogen) atoms. The van der Waals surface area contributed by atoms with Gasteiger partial charge in [-0.1, -0.05) is 13.8 Å². The highest BCUT2D eigenvalue weighted by atomic mass is 16.3. The molecule has 1 heterocycles. The van der Waals surface area contributed by atoms with Crippen LogP contribution in [0.4, 0.5) is 0 Å². The number of rotatable bonds is 2. The summed E-state index contributed by atoms with van der Waals surface area (Å²) < 4.78 is 0. The molecule has 4 nitrogen and oxygen atoms in total. The second-order valence-electron chi connectivity index (χ2n) is 2.56. The Morgan fingerprint density at radius 1 is 1.60 bits per heavy atom. The van der Waals surface area contributed by atoms with Gasteiger partial charge >= 0.3 is 0 Å². The summed E-state index contributed by atoms with van der Waals surface area (Å²) in [7, 11) is 0. The van der Waals surface area contributed by atoms with E-state index in [-0.39, 0.29) is 5.92 Å². The van der Waals surface area contributed by atoms with Crippen LogP contribution < -0.4 is 0 Å². The number of aliphatic hydroxyl groups is 1. The molecule has 0 aliphatic rings. The first kappa shape index (κ1) is 7.21. The number of nitrogens with one attached hydrogen (secondary N) is 1. The summed E-state index contributed by atoms with van der Waals surface area (Å²) in [5.74, 6) is 0.711. The van der Waals surface area contributed by atoms with Crippen LogP contribution in [0.15, 0.2) is 6.33 Å². The molecule has 0 fully saturated rings. The molecule has 0 aromatic carbocycles. The Bertz CT molecular complexity index is 183. The van der Waals surface area contributed by atoms with Crippen molar-refractivity contribution in [3.8, 4) is 0 Å². The number of nitrogens with zero attached hydrogens (tertiary/aromatic N) is 2. The molecule has 0 amide bonds. The molecule has 4 heteroatoms. The highest BCUT2D eigenvalue weighted by Gasteiger charge is 2.13. The summed E-state index contributed by atoms with van der Waals surface area (Å²) in [5, 5.41) is 15.6.